The van der Waals surface area contributed by atoms with Crippen LogP contribution in [0.15, 0.2) is 11.9 Å². The molecule has 0 aromatic rings. The number of rotatable bonds is 10. The monoisotopic (exact) mass is 586 g/mol. The van der Waals surface area contributed by atoms with Gasteiger partial charge in [-0.05, 0) is 6.92 Å². The Morgan fingerprint density at radius 1 is 0.556 bits per heavy atom. The van der Waals surface area contributed by atoms with E-state index in [-0.39, 0.29) is 0 Å². The van der Waals surface area contributed by atoms with E-state index in [2.05, 4.69) is 4.74 Å². The molecule has 0 saturated heterocycles. The minimum Gasteiger partial charge on any atom is -0.463 e. The molecule has 0 rings (SSSR count). The van der Waals surface area contributed by atoms with Crippen LogP contribution in [-0.2, 0) is 9.53 Å². The van der Waals surface area contributed by atoms with E-state index in [1.807, 2.05) is 0 Å². The second kappa shape index (κ2) is 8.98. The van der Waals surface area contributed by atoms with Gasteiger partial charge in [0.2, 0.25) is 0 Å². The maximum Gasteiger partial charge on any atom is 0.460 e. The van der Waals surface area contributed by atoms with E-state index in [4.69, 9.17) is 0 Å². The lowest BCUT2D eigenvalue weighted by Crippen LogP contribution is -2.75. The molecule has 0 bridgehead atoms. The molecule has 0 aromatic carbocycles. The van der Waals surface area contributed by atoms with Crippen LogP contribution in [-0.4, -0.2) is 66.1 Å². The first-order chi connectivity index (χ1) is 15.4. The molecular weight excluding hydrogens is 580 g/mol. The lowest BCUT2D eigenvalue weighted by Gasteiger charge is -2.43. The zero-order valence-corrected chi connectivity index (χ0v) is 16.2. The number of halogens is 20. The van der Waals surface area contributed by atoms with Gasteiger partial charge in [0.1, 0.15) is 0 Å². The molecule has 0 atom stereocenters. The molecule has 2 nitrogen and oxygen atoms in total. The van der Waals surface area contributed by atoms with Gasteiger partial charge in [0.25, 0.3) is 0 Å². The van der Waals surface area contributed by atoms with Crippen molar-refractivity contribution in [3.05, 3.63) is 11.9 Å². The fourth-order valence-corrected chi connectivity index (χ4v) is 1.89. The molecule has 0 aliphatic carbocycles. The number of alkyl halides is 19. The number of esters is 1. The fraction of sp³-hybridized carbons (Fsp3) is 0.786. The summed E-state index contributed by atoms with van der Waals surface area (Å²) in [5.74, 6) is -75.8. The molecule has 0 N–H and O–H groups in total. The van der Waals surface area contributed by atoms with Gasteiger partial charge in [-0.3, -0.25) is 0 Å². The van der Waals surface area contributed by atoms with Crippen molar-refractivity contribution in [2.45, 2.75) is 60.5 Å². The molecule has 36 heavy (non-hydrogen) atoms. The maximum absolute atomic E-state index is 13.5. The topological polar surface area (TPSA) is 26.3 Å². The summed E-state index contributed by atoms with van der Waals surface area (Å²) in [6.45, 7) is -0.0255. The van der Waals surface area contributed by atoms with Gasteiger partial charge < -0.3 is 4.74 Å². The minimum absolute atomic E-state index is 0.839. The van der Waals surface area contributed by atoms with Gasteiger partial charge >= 0.3 is 59.5 Å². The molecule has 0 amide bonds. The van der Waals surface area contributed by atoms with E-state index in [9.17, 15) is 92.6 Å². The van der Waals surface area contributed by atoms with E-state index < -0.39 is 78.0 Å². The maximum atomic E-state index is 13.5. The summed E-state index contributed by atoms with van der Waals surface area (Å²) >= 11 is 0. The third-order valence-corrected chi connectivity index (χ3v) is 3.95. The van der Waals surface area contributed by atoms with Crippen LogP contribution in [0.2, 0.25) is 0 Å². The number of hydrogen-bond donors (Lipinski definition) is 0. The molecular formula is C14H6F20O2. The van der Waals surface area contributed by atoms with Gasteiger partial charge in [-0.2, -0.15) is 83.4 Å². The van der Waals surface area contributed by atoms with Gasteiger partial charge in [0, 0.05) is 0 Å². The van der Waals surface area contributed by atoms with Gasteiger partial charge in [-0.25, -0.2) is 9.18 Å². The van der Waals surface area contributed by atoms with Crippen molar-refractivity contribution < 1.29 is 97.3 Å². The normalized spacial score (nSPS) is 16.3. The summed E-state index contributed by atoms with van der Waals surface area (Å²) in [4.78, 5) is 10.7. The van der Waals surface area contributed by atoms with Crippen LogP contribution < -0.4 is 0 Å². The standard InChI is InChI=1S/C14H6F20O2/c1-2-36-5(35)3-4(15)6(16,17)7(18,19)8(20,21)9(22,23)10(24,25)11(26,27)12(28,29)13(30,31)14(32,33)34/h3H,2H2,1H3/b4-3-. The summed E-state index contributed by atoms with van der Waals surface area (Å²) in [5.41, 5.74) is 0. The van der Waals surface area contributed by atoms with Crippen molar-refractivity contribution in [1.82, 2.24) is 0 Å². The molecule has 0 aliphatic rings. The largest absolute Gasteiger partial charge is 0.463 e. The Bertz CT molecular complexity index is 851. The first kappa shape index (κ1) is 33.8. The van der Waals surface area contributed by atoms with E-state index >= 15 is 0 Å². The zero-order valence-electron chi connectivity index (χ0n) is 16.2. The number of hydrogen-bond acceptors (Lipinski definition) is 2. The molecule has 0 aliphatic heterocycles. The Morgan fingerprint density at radius 3 is 1.11 bits per heavy atom. The Hall–Kier alpha value is -2.19. The Labute approximate surface area is 183 Å². The van der Waals surface area contributed by atoms with Gasteiger partial charge in [0.15, 0.2) is 5.83 Å². The van der Waals surface area contributed by atoms with Crippen LogP contribution in [0.5, 0.6) is 0 Å². The highest BCUT2D eigenvalue weighted by Crippen LogP contribution is 2.65. The fourth-order valence-electron chi connectivity index (χ4n) is 1.89. The van der Waals surface area contributed by atoms with E-state index in [0.29, 0.717) is 0 Å². The van der Waals surface area contributed by atoms with Gasteiger partial charge in [-0.15, -0.1) is 0 Å². The van der Waals surface area contributed by atoms with E-state index in [0.717, 1.165) is 6.92 Å². The average molecular weight is 586 g/mol. The number of allylic oxidation sites excluding steroid dienone is 1. The van der Waals surface area contributed by atoms with Crippen LogP contribution in [0, 0.1) is 0 Å². The second-order valence-corrected chi connectivity index (χ2v) is 6.34. The second-order valence-electron chi connectivity index (χ2n) is 6.34. The molecule has 0 unspecified atom stereocenters. The Balaban J connectivity index is 6.97. The molecule has 0 aromatic heterocycles. The predicted molar refractivity (Wildman–Crippen MR) is 71.5 cm³/mol. The molecule has 0 fully saturated rings. The van der Waals surface area contributed by atoms with E-state index in [1.165, 1.54) is 0 Å². The quantitative estimate of drug-likeness (QED) is 0.156. The highest BCUT2D eigenvalue weighted by Gasteiger charge is 2.96. The lowest BCUT2D eigenvalue weighted by molar-refractivity contribution is -0.467. The first-order valence-corrected chi connectivity index (χ1v) is 8.01. The number of carbonyl (C=O) groups is 1. The summed E-state index contributed by atoms with van der Waals surface area (Å²) in [6.07, 6.45) is -9.43. The average Bonchev–Trinajstić information content (AvgIpc) is 2.65. The SMILES string of the molecule is CCOC(=O)/C=C(\F)C(F)(F)C(F)(F)C(F)(F)C(F)(F)C(F)(F)C(F)(F)C(F)(F)C(F)(F)C(F)(F)F. The zero-order chi connectivity index (χ0) is 29.8. The molecule has 0 heterocycles. The molecule has 214 valence electrons. The van der Waals surface area contributed by atoms with Gasteiger partial charge in [0.05, 0.1) is 12.7 Å². The third kappa shape index (κ3) is 4.40. The highest BCUT2D eigenvalue weighted by atomic mass is 19.4. The third-order valence-electron chi connectivity index (χ3n) is 3.95. The first-order valence-electron chi connectivity index (χ1n) is 8.01. The van der Waals surface area contributed by atoms with E-state index in [1.54, 1.807) is 0 Å². The molecule has 0 radical (unpaired) electrons. The van der Waals surface area contributed by atoms with Crippen molar-refractivity contribution >= 4 is 5.97 Å². The molecule has 0 spiro atoms. The summed E-state index contributed by atoms with van der Waals surface area (Å²) in [5, 5.41) is 0. The summed E-state index contributed by atoms with van der Waals surface area (Å²) in [7, 11) is 0. The highest BCUT2D eigenvalue weighted by molar-refractivity contribution is 5.82. The van der Waals surface area contributed by atoms with Gasteiger partial charge in [-0.1, -0.05) is 0 Å². The van der Waals surface area contributed by atoms with Crippen molar-refractivity contribution in [3.63, 3.8) is 0 Å². The predicted octanol–water partition coefficient (Wildman–Crippen LogP) is 7.05. The van der Waals surface area contributed by atoms with Crippen molar-refractivity contribution in [2.24, 2.45) is 0 Å². The summed E-state index contributed by atoms with van der Waals surface area (Å²) < 4.78 is 265. The number of ether oxygens (including phenoxy) is 1. The van der Waals surface area contributed by atoms with Crippen LogP contribution in [0.4, 0.5) is 87.8 Å². The van der Waals surface area contributed by atoms with Crippen LogP contribution in [0.3, 0.4) is 0 Å². The Morgan fingerprint density at radius 2 is 0.833 bits per heavy atom. The van der Waals surface area contributed by atoms with Crippen molar-refractivity contribution in [1.29, 1.82) is 0 Å². The summed E-state index contributed by atoms with van der Waals surface area (Å²) in [6, 6.07) is 0. The van der Waals surface area contributed by atoms with Crippen LogP contribution in [0.25, 0.3) is 0 Å². The Kier molecular flexibility index (Phi) is 8.43. The van der Waals surface area contributed by atoms with Crippen molar-refractivity contribution in [2.75, 3.05) is 6.61 Å². The van der Waals surface area contributed by atoms with Crippen LogP contribution in [0.1, 0.15) is 6.92 Å². The van der Waals surface area contributed by atoms with Crippen molar-refractivity contribution in [3.8, 4) is 0 Å². The minimum atomic E-state index is -9.11. The molecule has 22 heteroatoms. The number of carbonyl (C=O) groups excluding carboxylic acids is 1. The lowest BCUT2D eigenvalue weighted by atomic mass is 9.87. The molecule has 0 saturated carbocycles. The van der Waals surface area contributed by atoms with Crippen LogP contribution >= 0.6 is 0 Å². The smallest absolute Gasteiger partial charge is 0.460 e.